The second-order valence-corrected chi connectivity index (χ2v) is 8.96. The summed E-state index contributed by atoms with van der Waals surface area (Å²) in [5.41, 5.74) is 6.37. The van der Waals surface area contributed by atoms with Gasteiger partial charge in [0, 0.05) is 34.1 Å². The van der Waals surface area contributed by atoms with E-state index in [0.717, 1.165) is 27.6 Å². The Balaban J connectivity index is 1.62. The molecule has 0 aliphatic heterocycles. The summed E-state index contributed by atoms with van der Waals surface area (Å²) < 4.78 is 1.23. The van der Waals surface area contributed by atoms with Gasteiger partial charge < -0.3 is 4.98 Å². The van der Waals surface area contributed by atoms with Crippen LogP contribution in [0.15, 0.2) is 59.7 Å². The molecule has 0 atom stereocenters. The highest BCUT2D eigenvalue weighted by molar-refractivity contribution is 7.20. The van der Waals surface area contributed by atoms with Crippen LogP contribution < -0.4 is 5.43 Å². The number of carbonyl (C=O) groups is 1. The normalized spacial score (nSPS) is 11.4. The quantitative estimate of drug-likeness (QED) is 0.248. The summed E-state index contributed by atoms with van der Waals surface area (Å²) in [6, 6.07) is 16.9. The van der Waals surface area contributed by atoms with Crippen LogP contribution in [-0.2, 0) is 6.42 Å². The fourth-order valence-corrected chi connectivity index (χ4v) is 4.74. The van der Waals surface area contributed by atoms with Gasteiger partial charge in [0.25, 0.3) is 5.91 Å². The Bertz CT molecular complexity index is 1210. The van der Waals surface area contributed by atoms with Gasteiger partial charge in [-0.3, -0.25) is 4.79 Å². The molecule has 2 heterocycles. The van der Waals surface area contributed by atoms with E-state index in [2.05, 4.69) is 15.5 Å². The van der Waals surface area contributed by atoms with Crippen molar-refractivity contribution in [2.45, 2.75) is 6.42 Å². The number of hydrazone groups is 1. The molecule has 4 aromatic rings. The number of thiophene rings is 1. The molecule has 0 aliphatic rings. The van der Waals surface area contributed by atoms with Crippen LogP contribution >= 0.6 is 46.1 Å². The number of fused-ring (bicyclic) bond motifs is 1. The van der Waals surface area contributed by atoms with Crippen LogP contribution in [0.1, 0.15) is 16.1 Å². The third-order valence-electron chi connectivity index (χ3n) is 4.35. The topological polar surface area (TPSA) is 57.2 Å². The van der Waals surface area contributed by atoms with Crippen molar-refractivity contribution in [2.24, 2.45) is 5.10 Å². The van der Waals surface area contributed by atoms with E-state index in [-0.39, 0.29) is 5.91 Å². The lowest BCUT2D eigenvalue weighted by atomic mass is 10.0. The molecule has 0 spiro atoms. The summed E-state index contributed by atoms with van der Waals surface area (Å²) in [6.07, 6.45) is 2.06. The van der Waals surface area contributed by atoms with Crippen molar-refractivity contribution in [1.29, 1.82) is 0 Å². The van der Waals surface area contributed by atoms with Gasteiger partial charge in [-0.15, -0.1) is 11.3 Å². The van der Waals surface area contributed by atoms with Gasteiger partial charge in [-0.05, 0) is 35.4 Å². The lowest BCUT2D eigenvalue weighted by Crippen LogP contribution is -2.19. The first-order chi connectivity index (χ1) is 14.0. The predicted octanol–water partition coefficient (Wildman–Crippen LogP) is 6.81. The smallest absolute Gasteiger partial charge is 0.288 e. The highest BCUT2D eigenvalue weighted by Gasteiger charge is 2.19. The summed E-state index contributed by atoms with van der Waals surface area (Å²) in [6.45, 7) is 0. The van der Waals surface area contributed by atoms with Gasteiger partial charge in [-0.2, -0.15) is 5.10 Å². The van der Waals surface area contributed by atoms with Crippen molar-refractivity contribution < 1.29 is 4.79 Å². The average Bonchev–Trinajstić information content (AvgIpc) is 3.24. The Kier molecular flexibility index (Phi) is 5.92. The van der Waals surface area contributed by atoms with Crippen LogP contribution in [0.3, 0.4) is 0 Å². The zero-order chi connectivity index (χ0) is 20.4. The molecule has 2 N–H and O–H groups in total. The Morgan fingerprint density at radius 2 is 1.90 bits per heavy atom. The molecule has 29 heavy (non-hydrogen) atoms. The molecular formula is C21H14Cl3N3OS. The van der Waals surface area contributed by atoms with Gasteiger partial charge in [-0.1, -0.05) is 65.1 Å². The minimum absolute atomic E-state index is 0.345. The van der Waals surface area contributed by atoms with E-state index >= 15 is 0 Å². The number of aromatic nitrogens is 1. The fraction of sp³-hybridized carbons (Fsp3) is 0.0476. The van der Waals surface area contributed by atoms with Gasteiger partial charge in [0.15, 0.2) is 0 Å². The summed E-state index contributed by atoms with van der Waals surface area (Å²) in [5, 5.41) is 5.52. The zero-order valence-electron chi connectivity index (χ0n) is 14.9. The fourth-order valence-electron chi connectivity index (χ4n) is 3.06. The van der Waals surface area contributed by atoms with Crippen molar-refractivity contribution in [3.8, 4) is 11.1 Å². The molecular weight excluding hydrogens is 449 g/mol. The summed E-state index contributed by atoms with van der Waals surface area (Å²) in [5.74, 6) is -0.345. The number of nitrogens with one attached hydrogen (secondary N) is 2. The van der Waals surface area contributed by atoms with Crippen LogP contribution in [0.2, 0.25) is 13.7 Å². The van der Waals surface area contributed by atoms with Crippen LogP contribution in [-0.4, -0.2) is 17.1 Å². The first kappa shape index (κ1) is 20.0. The standard InChI is InChI=1S/C21H14Cl3N3OS/c22-14-6-7-16-15(11-14)18(12-4-2-1-3-5-12)19(26-16)21(28)27-25-9-8-13-10-17(23)29-20(13)24/h1-7,9-11,26H,8H2,(H,27,28). The second kappa shape index (κ2) is 8.59. The number of H-pyrrole nitrogens is 1. The number of aromatic amines is 1. The number of rotatable bonds is 5. The maximum absolute atomic E-state index is 12.8. The predicted molar refractivity (Wildman–Crippen MR) is 123 cm³/mol. The highest BCUT2D eigenvalue weighted by Crippen LogP contribution is 2.34. The lowest BCUT2D eigenvalue weighted by Gasteiger charge is -2.04. The summed E-state index contributed by atoms with van der Waals surface area (Å²) >= 11 is 19.5. The van der Waals surface area contributed by atoms with Gasteiger partial charge in [0.05, 0.1) is 8.67 Å². The molecule has 0 saturated heterocycles. The molecule has 4 nitrogen and oxygen atoms in total. The van der Waals surface area contributed by atoms with E-state index in [1.807, 2.05) is 42.5 Å². The molecule has 0 saturated carbocycles. The first-order valence-electron chi connectivity index (χ1n) is 8.65. The number of nitrogens with zero attached hydrogens (tertiary/aromatic N) is 1. The number of carbonyl (C=O) groups excluding carboxylic acids is 1. The Morgan fingerprint density at radius 3 is 2.62 bits per heavy atom. The molecule has 1 amide bonds. The molecule has 0 aliphatic carbocycles. The van der Waals surface area contributed by atoms with E-state index in [1.165, 1.54) is 11.3 Å². The van der Waals surface area contributed by atoms with Gasteiger partial charge >= 0.3 is 0 Å². The van der Waals surface area contributed by atoms with E-state index in [9.17, 15) is 4.79 Å². The van der Waals surface area contributed by atoms with E-state index in [4.69, 9.17) is 34.8 Å². The molecule has 2 aromatic carbocycles. The SMILES string of the molecule is O=C(NN=CCc1cc(Cl)sc1Cl)c1[nH]c2ccc(Cl)cc2c1-c1ccccc1. The molecule has 0 bridgehead atoms. The monoisotopic (exact) mass is 461 g/mol. The minimum Gasteiger partial charge on any atom is -0.350 e. The third-order valence-corrected chi connectivity index (χ3v) is 6.15. The molecule has 8 heteroatoms. The molecule has 0 unspecified atom stereocenters. The third kappa shape index (κ3) is 4.33. The summed E-state index contributed by atoms with van der Waals surface area (Å²) in [4.78, 5) is 16.0. The zero-order valence-corrected chi connectivity index (χ0v) is 18.0. The summed E-state index contributed by atoms with van der Waals surface area (Å²) in [7, 11) is 0. The maximum atomic E-state index is 12.8. The van der Waals surface area contributed by atoms with Crippen molar-refractivity contribution in [3.63, 3.8) is 0 Å². The van der Waals surface area contributed by atoms with Gasteiger partial charge in [0.1, 0.15) is 5.69 Å². The van der Waals surface area contributed by atoms with Gasteiger partial charge in [-0.25, -0.2) is 5.43 Å². The average molecular weight is 463 g/mol. The molecule has 2 aromatic heterocycles. The number of amides is 1. The molecule has 0 radical (unpaired) electrons. The van der Waals surface area contributed by atoms with E-state index < -0.39 is 0 Å². The minimum atomic E-state index is -0.345. The first-order valence-corrected chi connectivity index (χ1v) is 10.6. The van der Waals surface area contributed by atoms with Crippen LogP contribution in [0.5, 0.6) is 0 Å². The molecule has 4 rings (SSSR count). The lowest BCUT2D eigenvalue weighted by molar-refractivity contribution is 0.0951. The van der Waals surface area contributed by atoms with Crippen molar-refractivity contribution in [2.75, 3.05) is 0 Å². The van der Waals surface area contributed by atoms with Crippen LogP contribution in [0, 0.1) is 0 Å². The van der Waals surface area contributed by atoms with E-state index in [1.54, 1.807) is 18.3 Å². The largest absolute Gasteiger partial charge is 0.350 e. The molecule has 0 fully saturated rings. The number of benzene rings is 2. The van der Waals surface area contributed by atoms with Crippen LogP contribution in [0.4, 0.5) is 0 Å². The van der Waals surface area contributed by atoms with Crippen LogP contribution in [0.25, 0.3) is 22.0 Å². The Hall–Kier alpha value is -2.31. The van der Waals surface area contributed by atoms with E-state index in [0.29, 0.717) is 25.8 Å². The van der Waals surface area contributed by atoms with Crippen molar-refractivity contribution >= 4 is 69.2 Å². The van der Waals surface area contributed by atoms with Gasteiger partial charge in [0.2, 0.25) is 0 Å². The number of halogens is 3. The van der Waals surface area contributed by atoms with Crippen molar-refractivity contribution in [3.05, 3.63) is 79.5 Å². The maximum Gasteiger partial charge on any atom is 0.288 e. The molecule has 146 valence electrons. The highest BCUT2D eigenvalue weighted by atomic mass is 35.5. The van der Waals surface area contributed by atoms with Crippen molar-refractivity contribution in [1.82, 2.24) is 10.4 Å². The second-order valence-electron chi connectivity index (χ2n) is 6.24. The number of hydrogen-bond acceptors (Lipinski definition) is 3. The Morgan fingerprint density at radius 1 is 1.10 bits per heavy atom. The number of hydrogen-bond donors (Lipinski definition) is 2. The Labute approximate surface area is 186 Å².